The molecule has 3 rings (SSSR count). The molecule has 0 saturated carbocycles. The van der Waals surface area contributed by atoms with Crippen molar-refractivity contribution in [3.05, 3.63) is 60.7 Å². The van der Waals surface area contributed by atoms with Crippen LogP contribution < -0.4 is 9.46 Å². The van der Waals surface area contributed by atoms with Gasteiger partial charge in [0.1, 0.15) is 5.75 Å². The average Bonchev–Trinajstić information content (AvgIpc) is 3.06. The molecule has 0 aliphatic heterocycles. The standard InChI is InChI=1S/C17H15F3N4O3S/c1-24-11-14(10-22-24)13-6-12(7-21-9-13)8-23-28(25,26)16-4-2-15(3-5-16)27-17(18,19)20/h2-7,9-11,23H,8H2,1H3. The highest BCUT2D eigenvalue weighted by molar-refractivity contribution is 7.89. The number of halogens is 3. The Morgan fingerprint density at radius 2 is 1.82 bits per heavy atom. The molecule has 11 heteroatoms. The first-order valence-corrected chi connectivity index (χ1v) is 9.39. The Morgan fingerprint density at radius 1 is 1.11 bits per heavy atom. The molecule has 7 nitrogen and oxygen atoms in total. The van der Waals surface area contributed by atoms with Gasteiger partial charge in [0.25, 0.3) is 0 Å². The number of ether oxygens (including phenoxy) is 1. The van der Waals surface area contributed by atoms with E-state index in [1.165, 1.54) is 6.20 Å². The fraction of sp³-hybridized carbons (Fsp3) is 0.176. The van der Waals surface area contributed by atoms with Crippen molar-refractivity contribution in [2.24, 2.45) is 7.05 Å². The van der Waals surface area contributed by atoms with Crippen molar-refractivity contribution in [3.63, 3.8) is 0 Å². The third-order valence-corrected chi connectivity index (χ3v) is 5.08. The number of alkyl halides is 3. The molecule has 28 heavy (non-hydrogen) atoms. The van der Waals surface area contributed by atoms with E-state index >= 15 is 0 Å². The molecule has 3 aromatic rings. The molecule has 0 spiro atoms. The van der Waals surface area contributed by atoms with Crippen molar-refractivity contribution >= 4 is 10.0 Å². The van der Waals surface area contributed by atoms with Crippen molar-refractivity contribution in [1.82, 2.24) is 19.5 Å². The summed E-state index contributed by atoms with van der Waals surface area (Å²) in [7, 11) is -2.15. The van der Waals surface area contributed by atoms with Gasteiger partial charge in [-0.3, -0.25) is 9.67 Å². The molecule has 2 heterocycles. The Labute approximate surface area is 158 Å². The highest BCUT2D eigenvalue weighted by Gasteiger charge is 2.31. The maximum Gasteiger partial charge on any atom is 0.573 e. The number of hydrogen-bond donors (Lipinski definition) is 1. The molecule has 0 fully saturated rings. The van der Waals surface area contributed by atoms with Crippen LogP contribution in [0.5, 0.6) is 5.75 Å². The van der Waals surface area contributed by atoms with Gasteiger partial charge in [-0.1, -0.05) is 0 Å². The zero-order valence-electron chi connectivity index (χ0n) is 14.5. The Hall–Kier alpha value is -2.92. The van der Waals surface area contributed by atoms with Gasteiger partial charge in [0.15, 0.2) is 0 Å². The smallest absolute Gasteiger partial charge is 0.406 e. The predicted octanol–water partition coefficient (Wildman–Crippen LogP) is 2.86. The Kier molecular flexibility index (Phi) is 5.38. The second-order valence-corrected chi connectivity index (χ2v) is 7.60. The highest BCUT2D eigenvalue weighted by Crippen LogP contribution is 2.24. The van der Waals surface area contributed by atoms with Crippen LogP contribution >= 0.6 is 0 Å². The highest BCUT2D eigenvalue weighted by atomic mass is 32.2. The van der Waals surface area contributed by atoms with Crippen molar-refractivity contribution in [1.29, 1.82) is 0 Å². The number of sulfonamides is 1. The first kappa shape index (κ1) is 19.8. The van der Waals surface area contributed by atoms with Crippen molar-refractivity contribution in [3.8, 4) is 16.9 Å². The Balaban J connectivity index is 1.70. The lowest BCUT2D eigenvalue weighted by Gasteiger charge is -2.10. The van der Waals surface area contributed by atoms with Crippen LogP contribution in [0.15, 0.2) is 60.0 Å². The van der Waals surface area contributed by atoms with Gasteiger partial charge in [-0.15, -0.1) is 13.2 Å². The zero-order valence-corrected chi connectivity index (χ0v) is 15.3. The number of pyridine rings is 1. The molecule has 0 aliphatic carbocycles. The van der Waals surface area contributed by atoms with Crippen LogP contribution in [0.25, 0.3) is 11.1 Å². The summed E-state index contributed by atoms with van der Waals surface area (Å²) >= 11 is 0. The van der Waals surface area contributed by atoms with Crippen molar-refractivity contribution in [2.45, 2.75) is 17.8 Å². The summed E-state index contributed by atoms with van der Waals surface area (Å²) in [6, 6.07) is 5.72. The van der Waals surface area contributed by atoms with E-state index in [9.17, 15) is 21.6 Å². The topological polar surface area (TPSA) is 86.1 Å². The van der Waals surface area contributed by atoms with E-state index in [4.69, 9.17) is 0 Å². The van der Waals surface area contributed by atoms with E-state index in [0.29, 0.717) is 5.56 Å². The minimum absolute atomic E-state index is 0.0375. The summed E-state index contributed by atoms with van der Waals surface area (Å²) < 4.78 is 69.0. The maximum atomic E-state index is 12.4. The molecule has 0 unspecified atom stereocenters. The van der Waals surface area contributed by atoms with E-state index in [1.54, 1.807) is 36.4 Å². The van der Waals surface area contributed by atoms with E-state index in [2.05, 4.69) is 19.5 Å². The lowest BCUT2D eigenvalue weighted by atomic mass is 10.1. The van der Waals surface area contributed by atoms with E-state index in [1.807, 2.05) is 0 Å². The van der Waals surface area contributed by atoms with Crippen LogP contribution in [0.2, 0.25) is 0 Å². The molecule has 2 aromatic heterocycles. The molecule has 0 saturated heterocycles. The Bertz CT molecular complexity index is 1060. The van der Waals surface area contributed by atoms with Gasteiger partial charge in [-0.25, -0.2) is 13.1 Å². The first-order valence-electron chi connectivity index (χ1n) is 7.91. The maximum absolute atomic E-state index is 12.4. The van der Waals surface area contributed by atoms with Gasteiger partial charge in [-0.2, -0.15) is 5.10 Å². The molecular formula is C17H15F3N4O3S. The van der Waals surface area contributed by atoms with Gasteiger partial charge in [0.05, 0.1) is 11.1 Å². The van der Waals surface area contributed by atoms with Gasteiger partial charge in [-0.05, 0) is 35.9 Å². The van der Waals surface area contributed by atoms with Crippen LogP contribution in [0.3, 0.4) is 0 Å². The number of benzene rings is 1. The number of hydrogen-bond acceptors (Lipinski definition) is 5. The monoisotopic (exact) mass is 412 g/mol. The average molecular weight is 412 g/mol. The summed E-state index contributed by atoms with van der Waals surface area (Å²) in [6.07, 6.45) is 1.77. The van der Waals surface area contributed by atoms with Crippen molar-refractivity contribution in [2.75, 3.05) is 0 Å². The number of aryl methyl sites for hydroxylation is 1. The molecule has 1 N–H and O–H groups in total. The van der Waals surface area contributed by atoms with Gasteiger partial charge in [0.2, 0.25) is 10.0 Å². The second-order valence-electron chi connectivity index (χ2n) is 5.83. The summed E-state index contributed by atoms with van der Waals surface area (Å²) in [4.78, 5) is 3.91. The Morgan fingerprint density at radius 3 is 2.43 bits per heavy atom. The molecule has 0 atom stereocenters. The summed E-state index contributed by atoms with van der Waals surface area (Å²) in [5.74, 6) is -0.500. The SMILES string of the molecule is Cn1cc(-c2cncc(CNS(=O)(=O)c3ccc(OC(F)(F)F)cc3)c2)cn1. The summed E-state index contributed by atoms with van der Waals surface area (Å²) in [6.45, 7) is -0.0375. The summed E-state index contributed by atoms with van der Waals surface area (Å²) in [5.41, 5.74) is 2.22. The lowest BCUT2D eigenvalue weighted by Crippen LogP contribution is -2.23. The van der Waals surface area contributed by atoms with Crippen LogP contribution in [-0.4, -0.2) is 29.5 Å². The van der Waals surface area contributed by atoms with Crippen LogP contribution in [-0.2, 0) is 23.6 Å². The van der Waals surface area contributed by atoms with E-state index < -0.39 is 22.1 Å². The van der Waals surface area contributed by atoms with Crippen LogP contribution in [0.4, 0.5) is 13.2 Å². The summed E-state index contributed by atoms with van der Waals surface area (Å²) in [5, 5.41) is 4.07. The molecule has 1 aromatic carbocycles. The quantitative estimate of drug-likeness (QED) is 0.673. The number of rotatable bonds is 6. The number of nitrogens with zero attached hydrogens (tertiary/aromatic N) is 3. The zero-order chi connectivity index (χ0) is 20.4. The molecule has 0 bridgehead atoms. The molecular weight excluding hydrogens is 397 g/mol. The van der Waals surface area contributed by atoms with Crippen molar-refractivity contribution < 1.29 is 26.3 Å². The largest absolute Gasteiger partial charge is 0.573 e. The molecule has 0 aliphatic rings. The predicted molar refractivity (Wildman–Crippen MR) is 93.6 cm³/mol. The lowest BCUT2D eigenvalue weighted by molar-refractivity contribution is -0.274. The third kappa shape index (κ3) is 5.08. The normalized spacial score (nSPS) is 12.1. The molecule has 0 radical (unpaired) electrons. The van der Waals surface area contributed by atoms with Crippen LogP contribution in [0, 0.1) is 0 Å². The van der Waals surface area contributed by atoms with Crippen LogP contribution in [0.1, 0.15) is 5.56 Å². The number of nitrogens with one attached hydrogen (secondary N) is 1. The minimum Gasteiger partial charge on any atom is -0.406 e. The fourth-order valence-corrected chi connectivity index (χ4v) is 3.41. The molecule has 148 valence electrons. The fourth-order valence-electron chi connectivity index (χ4n) is 2.39. The second kappa shape index (κ2) is 7.60. The third-order valence-electron chi connectivity index (χ3n) is 3.67. The van der Waals surface area contributed by atoms with E-state index in [-0.39, 0.29) is 11.4 Å². The minimum atomic E-state index is -4.84. The van der Waals surface area contributed by atoms with Gasteiger partial charge < -0.3 is 4.74 Å². The first-order chi connectivity index (χ1) is 13.1. The van der Waals surface area contributed by atoms with E-state index in [0.717, 1.165) is 35.4 Å². The number of aromatic nitrogens is 3. The molecule has 0 amide bonds. The van der Waals surface area contributed by atoms with Gasteiger partial charge >= 0.3 is 6.36 Å². The van der Waals surface area contributed by atoms with Gasteiger partial charge in [0, 0.05) is 43.3 Å².